The van der Waals surface area contributed by atoms with E-state index in [0.717, 1.165) is 19.8 Å². The first-order valence-corrected chi connectivity index (χ1v) is 8.50. The summed E-state index contributed by atoms with van der Waals surface area (Å²) in [6.07, 6.45) is 6.57. The molecule has 0 amide bonds. The summed E-state index contributed by atoms with van der Waals surface area (Å²) in [4.78, 5) is 0. The van der Waals surface area contributed by atoms with Crippen LogP contribution in [-0.4, -0.2) is 39.6 Å². The highest BCUT2D eigenvalue weighted by Crippen LogP contribution is 2.41. The van der Waals surface area contributed by atoms with E-state index < -0.39 is 0 Å². The summed E-state index contributed by atoms with van der Waals surface area (Å²) < 4.78 is 17.5. The van der Waals surface area contributed by atoms with Gasteiger partial charge in [-0.1, -0.05) is 33.1 Å². The Balaban J connectivity index is 2.83. The van der Waals surface area contributed by atoms with Gasteiger partial charge in [-0.15, -0.1) is 0 Å². The van der Waals surface area contributed by atoms with Crippen LogP contribution in [0.3, 0.4) is 0 Å². The van der Waals surface area contributed by atoms with Crippen LogP contribution in [0.15, 0.2) is 0 Å². The fourth-order valence-electron chi connectivity index (χ4n) is 3.26. The summed E-state index contributed by atoms with van der Waals surface area (Å²) in [5, 5.41) is 0. The summed E-state index contributed by atoms with van der Waals surface area (Å²) in [6.45, 7) is 11.0. The SMILES string of the molecule is COCC(COC)(COC(C)(C)C(C)C)C1CCCCC1. The van der Waals surface area contributed by atoms with Gasteiger partial charge in [-0.05, 0) is 38.5 Å². The Morgan fingerprint density at radius 3 is 1.86 bits per heavy atom. The third kappa shape index (κ3) is 5.22. The molecule has 0 heterocycles. The van der Waals surface area contributed by atoms with Crippen molar-refractivity contribution < 1.29 is 14.2 Å². The molecule has 0 aliphatic heterocycles. The number of hydrogen-bond donors (Lipinski definition) is 0. The first-order chi connectivity index (χ1) is 9.88. The van der Waals surface area contributed by atoms with Gasteiger partial charge >= 0.3 is 0 Å². The van der Waals surface area contributed by atoms with Gasteiger partial charge in [0.25, 0.3) is 0 Å². The summed E-state index contributed by atoms with van der Waals surface area (Å²) in [5.41, 5.74) is -0.114. The van der Waals surface area contributed by atoms with Crippen LogP contribution in [-0.2, 0) is 14.2 Å². The van der Waals surface area contributed by atoms with Crippen molar-refractivity contribution in [1.82, 2.24) is 0 Å². The molecule has 0 radical (unpaired) electrons. The van der Waals surface area contributed by atoms with Crippen LogP contribution >= 0.6 is 0 Å². The van der Waals surface area contributed by atoms with Gasteiger partial charge in [0.15, 0.2) is 0 Å². The van der Waals surface area contributed by atoms with E-state index in [2.05, 4.69) is 27.7 Å². The standard InChI is InChI=1S/C18H36O3/c1-15(2)17(3,4)21-14-18(12-19-5,13-20-6)16-10-8-7-9-11-16/h15-16H,7-14H2,1-6H3. The minimum atomic E-state index is -0.110. The third-order valence-electron chi connectivity index (χ3n) is 5.46. The molecule has 21 heavy (non-hydrogen) atoms. The van der Waals surface area contributed by atoms with E-state index in [1.54, 1.807) is 14.2 Å². The fourth-order valence-corrected chi connectivity index (χ4v) is 3.26. The second kappa shape index (κ2) is 8.50. The van der Waals surface area contributed by atoms with Crippen molar-refractivity contribution in [2.24, 2.45) is 17.3 Å². The molecule has 3 heteroatoms. The highest BCUT2D eigenvalue weighted by Gasteiger charge is 2.41. The zero-order valence-corrected chi connectivity index (χ0v) is 15.0. The van der Waals surface area contributed by atoms with Gasteiger partial charge in [-0.3, -0.25) is 0 Å². The summed E-state index contributed by atoms with van der Waals surface area (Å²) in [5.74, 6) is 1.14. The van der Waals surface area contributed by atoms with Crippen molar-refractivity contribution >= 4 is 0 Å². The van der Waals surface area contributed by atoms with Crippen LogP contribution in [0.25, 0.3) is 0 Å². The van der Waals surface area contributed by atoms with Gasteiger partial charge in [-0.25, -0.2) is 0 Å². The van der Waals surface area contributed by atoms with Crippen LogP contribution < -0.4 is 0 Å². The molecule has 0 aromatic heterocycles. The average molecular weight is 300 g/mol. The Morgan fingerprint density at radius 2 is 1.43 bits per heavy atom. The van der Waals surface area contributed by atoms with Gasteiger partial charge < -0.3 is 14.2 Å². The van der Waals surface area contributed by atoms with Crippen molar-refractivity contribution in [3.8, 4) is 0 Å². The maximum Gasteiger partial charge on any atom is 0.0649 e. The molecular weight excluding hydrogens is 264 g/mol. The molecule has 0 unspecified atom stereocenters. The molecule has 0 atom stereocenters. The highest BCUT2D eigenvalue weighted by atomic mass is 16.5. The van der Waals surface area contributed by atoms with E-state index in [1.165, 1.54) is 32.1 Å². The first-order valence-electron chi connectivity index (χ1n) is 8.50. The Hall–Kier alpha value is -0.120. The van der Waals surface area contributed by atoms with Gasteiger partial charge in [-0.2, -0.15) is 0 Å². The third-order valence-corrected chi connectivity index (χ3v) is 5.46. The Morgan fingerprint density at radius 1 is 0.905 bits per heavy atom. The van der Waals surface area contributed by atoms with E-state index >= 15 is 0 Å². The van der Waals surface area contributed by atoms with Crippen molar-refractivity contribution in [1.29, 1.82) is 0 Å². The minimum Gasteiger partial charge on any atom is -0.384 e. The second-order valence-corrected chi connectivity index (χ2v) is 7.61. The maximum atomic E-state index is 6.35. The zero-order valence-electron chi connectivity index (χ0n) is 15.0. The number of ether oxygens (including phenoxy) is 3. The molecule has 0 aromatic carbocycles. The maximum absolute atomic E-state index is 6.35. The Labute approximate surface area is 131 Å². The van der Waals surface area contributed by atoms with E-state index in [-0.39, 0.29) is 11.0 Å². The number of rotatable bonds is 9. The van der Waals surface area contributed by atoms with Crippen molar-refractivity contribution in [2.75, 3.05) is 34.0 Å². The van der Waals surface area contributed by atoms with Crippen LogP contribution in [0, 0.1) is 17.3 Å². The molecule has 0 N–H and O–H groups in total. The van der Waals surface area contributed by atoms with E-state index in [9.17, 15) is 0 Å². The van der Waals surface area contributed by atoms with E-state index in [1.807, 2.05) is 0 Å². The molecule has 0 spiro atoms. The average Bonchev–Trinajstić information content (AvgIpc) is 2.46. The van der Waals surface area contributed by atoms with E-state index in [0.29, 0.717) is 11.8 Å². The minimum absolute atomic E-state index is 0.00389. The largest absolute Gasteiger partial charge is 0.384 e. The Kier molecular flexibility index (Phi) is 7.66. The molecule has 1 saturated carbocycles. The fraction of sp³-hybridized carbons (Fsp3) is 1.00. The van der Waals surface area contributed by atoms with Gasteiger partial charge in [0.1, 0.15) is 0 Å². The smallest absolute Gasteiger partial charge is 0.0649 e. The molecule has 1 aliphatic rings. The Bertz CT molecular complexity index is 274. The lowest BCUT2D eigenvalue weighted by molar-refractivity contribution is -0.142. The number of hydrogen-bond acceptors (Lipinski definition) is 3. The highest BCUT2D eigenvalue weighted by molar-refractivity contribution is 4.89. The summed E-state index contributed by atoms with van der Waals surface area (Å²) in [6, 6.07) is 0. The van der Waals surface area contributed by atoms with Gasteiger partial charge in [0.2, 0.25) is 0 Å². The lowest BCUT2D eigenvalue weighted by Crippen LogP contribution is -2.47. The quantitative estimate of drug-likeness (QED) is 0.635. The monoisotopic (exact) mass is 300 g/mol. The zero-order chi connectivity index (χ0) is 15.9. The molecule has 0 aromatic rings. The van der Waals surface area contributed by atoms with Gasteiger partial charge in [0, 0.05) is 19.6 Å². The normalized spacial score (nSPS) is 18.4. The molecule has 0 saturated heterocycles. The molecule has 126 valence electrons. The molecular formula is C18H36O3. The first kappa shape index (κ1) is 18.9. The molecule has 1 fully saturated rings. The summed E-state index contributed by atoms with van der Waals surface area (Å²) in [7, 11) is 3.58. The lowest BCUT2D eigenvalue weighted by Gasteiger charge is -2.44. The van der Waals surface area contributed by atoms with Gasteiger partial charge in [0.05, 0.1) is 25.4 Å². The van der Waals surface area contributed by atoms with Crippen LogP contribution in [0.4, 0.5) is 0 Å². The van der Waals surface area contributed by atoms with Crippen molar-refractivity contribution in [2.45, 2.75) is 65.4 Å². The molecule has 1 rings (SSSR count). The van der Waals surface area contributed by atoms with Crippen LogP contribution in [0.5, 0.6) is 0 Å². The van der Waals surface area contributed by atoms with Crippen molar-refractivity contribution in [3.05, 3.63) is 0 Å². The molecule has 1 aliphatic carbocycles. The van der Waals surface area contributed by atoms with Crippen LogP contribution in [0.1, 0.15) is 59.8 Å². The second-order valence-electron chi connectivity index (χ2n) is 7.61. The molecule has 3 nitrogen and oxygen atoms in total. The predicted molar refractivity (Wildman–Crippen MR) is 87.6 cm³/mol. The molecule has 0 bridgehead atoms. The topological polar surface area (TPSA) is 27.7 Å². The van der Waals surface area contributed by atoms with E-state index in [4.69, 9.17) is 14.2 Å². The summed E-state index contributed by atoms with van der Waals surface area (Å²) >= 11 is 0. The van der Waals surface area contributed by atoms with Crippen molar-refractivity contribution in [3.63, 3.8) is 0 Å². The van der Waals surface area contributed by atoms with Crippen LogP contribution in [0.2, 0.25) is 0 Å². The number of methoxy groups -OCH3 is 2. The lowest BCUT2D eigenvalue weighted by atomic mass is 9.69. The predicted octanol–water partition coefficient (Wildman–Crippen LogP) is 4.30.